The summed E-state index contributed by atoms with van der Waals surface area (Å²) in [6, 6.07) is 6.87. The van der Waals surface area contributed by atoms with E-state index < -0.39 is 10.1 Å². The van der Waals surface area contributed by atoms with E-state index in [-0.39, 0.29) is 34.0 Å². The lowest BCUT2D eigenvalue weighted by atomic mass is 9.48. The Morgan fingerprint density at radius 1 is 1.06 bits per heavy atom. The quantitative estimate of drug-likeness (QED) is 0.465. The molecular weight excluding hydrogens is 444 g/mol. The molecule has 0 saturated heterocycles. The van der Waals surface area contributed by atoms with E-state index in [9.17, 15) is 13.2 Å². The number of aryl methyl sites for hydroxylation is 1. The molecule has 0 spiro atoms. The van der Waals surface area contributed by atoms with E-state index in [1.54, 1.807) is 12.1 Å². The van der Waals surface area contributed by atoms with Crippen molar-refractivity contribution in [1.82, 2.24) is 0 Å². The number of fused-ring (bicyclic) bond motifs is 5. The van der Waals surface area contributed by atoms with Gasteiger partial charge in [0.1, 0.15) is 0 Å². The molecule has 4 aliphatic carbocycles. The summed E-state index contributed by atoms with van der Waals surface area (Å²) in [4.78, 5) is 12.3. The van der Waals surface area contributed by atoms with Gasteiger partial charge in [0.05, 0.1) is 11.5 Å². The molecule has 4 aliphatic rings. The van der Waals surface area contributed by atoms with Gasteiger partial charge in [-0.2, -0.15) is 8.42 Å². The number of benzene rings is 1. The van der Waals surface area contributed by atoms with Crippen molar-refractivity contribution in [3.8, 4) is 0 Å². The number of rotatable bonds is 5. The van der Waals surface area contributed by atoms with Crippen molar-refractivity contribution in [3.05, 3.63) is 53.6 Å². The Morgan fingerprint density at radius 3 is 2.53 bits per heavy atom. The molecule has 0 aliphatic heterocycles. The summed E-state index contributed by atoms with van der Waals surface area (Å²) in [6.07, 6.45) is 12.9. The molecule has 0 N–H and O–H groups in total. The highest BCUT2D eigenvalue weighted by Gasteiger charge is 2.58. The van der Waals surface area contributed by atoms with Crippen LogP contribution >= 0.6 is 0 Å². The zero-order chi connectivity index (χ0) is 24.3. The average molecular weight is 483 g/mol. The maximum absolute atomic E-state index is 12.7. The van der Waals surface area contributed by atoms with Crippen molar-refractivity contribution in [1.29, 1.82) is 0 Å². The van der Waals surface area contributed by atoms with Crippen molar-refractivity contribution in [2.75, 3.05) is 6.61 Å². The van der Waals surface area contributed by atoms with Crippen LogP contribution in [0.25, 0.3) is 0 Å². The SMILES string of the molecule is Cc1ccc(S(=O)(=O)OC[C@@H](C)[C@H]2CCC3C4C=CC5=CC(=O)CC[C@@]5(C)C4CC[C@@]32C)cc1. The first kappa shape index (κ1) is 24.0. The minimum Gasteiger partial charge on any atom is -0.295 e. The van der Waals surface area contributed by atoms with Crippen LogP contribution in [-0.2, 0) is 19.1 Å². The molecule has 3 unspecified atom stereocenters. The number of allylic oxidation sites excluding steroid dienone is 4. The van der Waals surface area contributed by atoms with Crippen LogP contribution in [0.1, 0.15) is 64.9 Å². The first-order valence-corrected chi connectivity index (χ1v) is 14.3. The van der Waals surface area contributed by atoms with Crippen LogP contribution < -0.4 is 0 Å². The maximum atomic E-state index is 12.7. The highest BCUT2D eigenvalue weighted by molar-refractivity contribution is 7.86. The Hall–Kier alpha value is -1.72. The van der Waals surface area contributed by atoms with Crippen LogP contribution in [0, 0.1) is 47.3 Å². The molecule has 1 aromatic carbocycles. The minimum absolute atomic E-state index is 0.115. The fourth-order valence-corrected chi connectivity index (χ4v) is 9.06. The Labute approximate surface area is 205 Å². The van der Waals surface area contributed by atoms with E-state index >= 15 is 0 Å². The molecule has 0 aromatic heterocycles. The predicted molar refractivity (Wildman–Crippen MR) is 134 cm³/mol. The van der Waals surface area contributed by atoms with Crippen LogP contribution in [-0.4, -0.2) is 20.8 Å². The van der Waals surface area contributed by atoms with Gasteiger partial charge >= 0.3 is 0 Å². The van der Waals surface area contributed by atoms with Crippen molar-refractivity contribution in [2.45, 2.75) is 71.1 Å². The Bertz CT molecular complexity index is 1130. The largest absolute Gasteiger partial charge is 0.296 e. The molecule has 34 heavy (non-hydrogen) atoms. The van der Waals surface area contributed by atoms with Crippen molar-refractivity contribution in [3.63, 3.8) is 0 Å². The molecule has 2 fully saturated rings. The van der Waals surface area contributed by atoms with E-state index in [0.717, 1.165) is 18.4 Å². The third kappa shape index (κ3) is 3.83. The van der Waals surface area contributed by atoms with Crippen LogP contribution in [0.3, 0.4) is 0 Å². The van der Waals surface area contributed by atoms with E-state index in [1.165, 1.54) is 24.8 Å². The summed E-state index contributed by atoms with van der Waals surface area (Å²) in [5, 5.41) is 0. The van der Waals surface area contributed by atoms with Crippen LogP contribution in [0.15, 0.2) is 53.0 Å². The lowest BCUT2D eigenvalue weighted by molar-refractivity contribution is -0.116. The first-order valence-electron chi connectivity index (χ1n) is 12.9. The van der Waals surface area contributed by atoms with E-state index in [2.05, 4.69) is 32.9 Å². The van der Waals surface area contributed by atoms with Gasteiger partial charge in [-0.15, -0.1) is 0 Å². The number of hydrogen-bond donors (Lipinski definition) is 0. The Morgan fingerprint density at radius 2 is 1.79 bits per heavy atom. The van der Waals surface area contributed by atoms with Gasteiger partial charge in [-0.05, 0) is 103 Å². The standard InChI is InChI=1S/C29H38O4S/c1-19-5-8-23(9-6-19)34(31,32)33-18-20(2)25-11-12-26-24-10-7-21-17-22(30)13-15-28(21,3)27(24)14-16-29(25,26)4/h5-10,17,20,24-27H,11-16,18H2,1-4H3/t20-,24?,25-,26?,27?,28-,29-/m1/s1. The van der Waals surface area contributed by atoms with Crippen molar-refractivity contribution < 1.29 is 17.4 Å². The fraction of sp³-hybridized carbons (Fsp3) is 0.621. The lowest BCUT2D eigenvalue weighted by Gasteiger charge is -2.56. The average Bonchev–Trinajstić information content (AvgIpc) is 3.15. The van der Waals surface area contributed by atoms with Gasteiger partial charge < -0.3 is 0 Å². The Kier molecular flexibility index (Phi) is 5.96. The highest BCUT2D eigenvalue weighted by Crippen LogP contribution is 2.66. The number of hydrogen-bond acceptors (Lipinski definition) is 4. The minimum atomic E-state index is -3.74. The molecule has 7 atom stereocenters. The number of carbonyl (C=O) groups is 1. The zero-order valence-corrected chi connectivity index (χ0v) is 21.7. The second-order valence-electron chi connectivity index (χ2n) is 11.9. The van der Waals surface area contributed by atoms with Gasteiger partial charge in [0, 0.05) is 6.42 Å². The zero-order valence-electron chi connectivity index (χ0n) is 20.9. The molecule has 1 aromatic rings. The van der Waals surface area contributed by atoms with Crippen LogP contribution in [0.2, 0.25) is 0 Å². The molecule has 5 heteroatoms. The fourth-order valence-electron chi connectivity index (χ4n) is 8.06. The number of ketones is 1. The van der Waals surface area contributed by atoms with Crippen molar-refractivity contribution in [2.24, 2.45) is 40.4 Å². The van der Waals surface area contributed by atoms with Gasteiger partial charge in [0.25, 0.3) is 10.1 Å². The van der Waals surface area contributed by atoms with Gasteiger partial charge in [-0.1, -0.05) is 50.6 Å². The summed E-state index contributed by atoms with van der Waals surface area (Å²) in [5.74, 6) is 2.66. The van der Waals surface area contributed by atoms with E-state index in [0.29, 0.717) is 30.1 Å². The third-order valence-corrected chi connectivity index (χ3v) is 11.4. The maximum Gasteiger partial charge on any atom is 0.296 e. The topological polar surface area (TPSA) is 60.4 Å². The molecule has 0 amide bonds. The summed E-state index contributed by atoms with van der Waals surface area (Å²) < 4.78 is 31.1. The molecule has 0 radical (unpaired) electrons. The second-order valence-corrected chi connectivity index (χ2v) is 13.5. The van der Waals surface area contributed by atoms with Gasteiger partial charge in [-0.3, -0.25) is 8.98 Å². The van der Waals surface area contributed by atoms with Gasteiger partial charge in [-0.25, -0.2) is 0 Å². The lowest BCUT2D eigenvalue weighted by Crippen LogP contribution is -2.49. The van der Waals surface area contributed by atoms with Crippen LogP contribution in [0.4, 0.5) is 0 Å². The highest BCUT2D eigenvalue weighted by atomic mass is 32.2. The molecule has 184 valence electrons. The summed E-state index contributed by atoms with van der Waals surface area (Å²) in [7, 11) is -3.74. The molecule has 0 bridgehead atoms. The Balaban J connectivity index is 1.31. The molecule has 0 heterocycles. The normalized spacial score (nSPS) is 38.0. The van der Waals surface area contributed by atoms with Gasteiger partial charge in [0.2, 0.25) is 0 Å². The van der Waals surface area contributed by atoms with Crippen LogP contribution in [0.5, 0.6) is 0 Å². The van der Waals surface area contributed by atoms with E-state index in [4.69, 9.17) is 4.18 Å². The summed E-state index contributed by atoms with van der Waals surface area (Å²) in [5.41, 5.74) is 2.58. The van der Waals surface area contributed by atoms with Crippen molar-refractivity contribution >= 4 is 15.9 Å². The molecule has 5 rings (SSSR count). The van der Waals surface area contributed by atoms with E-state index in [1.807, 2.05) is 25.1 Å². The summed E-state index contributed by atoms with van der Waals surface area (Å²) in [6.45, 7) is 9.18. The summed E-state index contributed by atoms with van der Waals surface area (Å²) >= 11 is 0. The smallest absolute Gasteiger partial charge is 0.295 e. The molecular formula is C29H38O4S. The molecule has 4 nitrogen and oxygen atoms in total. The third-order valence-electron chi connectivity index (χ3n) is 10.1. The predicted octanol–water partition coefficient (Wildman–Crippen LogP) is 6.26. The molecule has 2 saturated carbocycles. The second kappa shape index (κ2) is 8.44. The first-order chi connectivity index (χ1) is 16.0. The van der Waals surface area contributed by atoms with Gasteiger partial charge in [0.15, 0.2) is 5.78 Å². The number of carbonyl (C=O) groups excluding carboxylic acids is 1. The monoisotopic (exact) mass is 482 g/mol.